The Labute approximate surface area is 224 Å². The van der Waals surface area contributed by atoms with E-state index in [2.05, 4.69) is 5.32 Å². The fraction of sp³-hybridized carbons (Fsp3) is 0.286. The van der Waals surface area contributed by atoms with Crippen LogP contribution >= 0.6 is 11.6 Å². The molecule has 1 N–H and O–H groups in total. The van der Waals surface area contributed by atoms with E-state index < -0.39 is 28.5 Å². The van der Waals surface area contributed by atoms with Crippen LogP contribution in [0.5, 0.6) is 0 Å². The smallest absolute Gasteiger partial charge is 0.264 e. The van der Waals surface area contributed by atoms with Crippen LogP contribution in [0.25, 0.3) is 0 Å². The van der Waals surface area contributed by atoms with E-state index in [1.54, 1.807) is 12.1 Å². The molecule has 3 aromatic carbocycles. The number of aryl methyl sites for hydroxylation is 2. The molecule has 0 aliphatic heterocycles. The lowest BCUT2D eigenvalue weighted by atomic mass is 10.1. The second-order valence-corrected chi connectivity index (χ2v) is 11.1. The number of hydrogen-bond donors (Lipinski definition) is 1. The maximum Gasteiger partial charge on any atom is 0.264 e. The van der Waals surface area contributed by atoms with E-state index >= 15 is 0 Å². The van der Waals surface area contributed by atoms with Gasteiger partial charge in [0.15, 0.2) is 0 Å². The molecular formula is C28H32ClN3O4S. The molecule has 0 aliphatic rings. The summed E-state index contributed by atoms with van der Waals surface area (Å²) < 4.78 is 28.7. The van der Waals surface area contributed by atoms with Crippen LogP contribution in [0.15, 0.2) is 77.7 Å². The van der Waals surface area contributed by atoms with Crippen molar-refractivity contribution in [2.45, 2.75) is 44.7 Å². The molecule has 0 saturated carbocycles. The van der Waals surface area contributed by atoms with Crippen LogP contribution in [0.3, 0.4) is 0 Å². The highest BCUT2D eigenvalue weighted by Crippen LogP contribution is 2.27. The quantitative estimate of drug-likeness (QED) is 0.403. The maximum atomic E-state index is 13.9. The van der Waals surface area contributed by atoms with Crippen LogP contribution in [0, 0.1) is 13.8 Å². The fourth-order valence-corrected chi connectivity index (χ4v) is 5.54. The lowest BCUT2D eigenvalue weighted by Crippen LogP contribution is -2.51. The molecule has 0 aromatic heterocycles. The molecule has 1 atom stereocenters. The van der Waals surface area contributed by atoms with Crippen molar-refractivity contribution in [1.29, 1.82) is 0 Å². The molecule has 0 spiro atoms. The number of benzene rings is 3. The first-order valence-electron chi connectivity index (χ1n) is 12.0. The van der Waals surface area contributed by atoms with Crippen molar-refractivity contribution in [1.82, 2.24) is 10.2 Å². The van der Waals surface area contributed by atoms with Crippen LogP contribution in [-0.4, -0.2) is 44.8 Å². The van der Waals surface area contributed by atoms with Crippen LogP contribution < -0.4 is 9.62 Å². The van der Waals surface area contributed by atoms with Gasteiger partial charge < -0.3 is 10.2 Å². The lowest BCUT2D eigenvalue weighted by molar-refractivity contribution is -0.140. The Kier molecular flexibility index (Phi) is 9.34. The van der Waals surface area contributed by atoms with Crippen LogP contribution in [0.1, 0.15) is 30.0 Å². The molecular weight excluding hydrogens is 510 g/mol. The van der Waals surface area contributed by atoms with Gasteiger partial charge in [0, 0.05) is 18.6 Å². The van der Waals surface area contributed by atoms with Gasteiger partial charge in [-0.2, -0.15) is 0 Å². The van der Waals surface area contributed by atoms with E-state index in [9.17, 15) is 18.0 Å². The number of amides is 2. The number of halogens is 1. The van der Waals surface area contributed by atoms with Gasteiger partial charge in [-0.1, -0.05) is 54.9 Å². The van der Waals surface area contributed by atoms with Gasteiger partial charge in [0.25, 0.3) is 10.0 Å². The Bertz CT molecular complexity index is 1350. The number of carbonyl (C=O) groups excluding carboxylic acids is 2. The van der Waals surface area contributed by atoms with Crippen molar-refractivity contribution in [3.63, 3.8) is 0 Å². The summed E-state index contributed by atoms with van der Waals surface area (Å²) in [7, 11) is -2.62. The molecule has 0 radical (unpaired) electrons. The second-order valence-electron chi connectivity index (χ2n) is 8.78. The highest BCUT2D eigenvalue weighted by atomic mass is 35.5. The van der Waals surface area contributed by atoms with Gasteiger partial charge in [0.1, 0.15) is 12.6 Å². The summed E-state index contributed by atoms with van der Waals surface area (Å²) in [5, 5.41) is 3.02. The van der Waals surface area contributed by atoms with Gasteiger partial charge in [-0.15, -0.1) is 0 Å². The number of nitrogens with zero attached hydrogens (tertiary/aromatic N) is 2. The Morgan fingerprint density at radius 1 is 0.946 bits per heavy atom. The number of sulfonamides is 1. The van der Waals surface area contributed by atoms with Gasteiger partial charge in [-0.05, 0) is 73.4 Å². The van der Waals surface area contributed by atoms with Crippen LogP contribution in [0.2, 0.25) is 5.02 Å². The molecule has 196 valence electrons. The number of hydrogen-bond acceptors (Lipinski definition) is 4. The first-order chi connectivity index (χ1) is 17.6. The number of carbonyl (C=O) groups is 2. The van der Waals surface area contributed by atoms with Crippen molar-refractivity contribution in [3.05, 3.63) is 94.5 Å². The maximum absolute atomic E-state index is 13.9. The topological polar surface area (TPSA) is 86.8 Å². The summed E-state index contributed by atoms with van der Waals surface area (Å²) in [5.74, 6) is -0.805. The number of anilines is 1. The Morgan fingerprint density at radius 3 is 2.16 bits per heavy atom. The largest absolute Gasteiger partial charge is 0.357 e. The molecule has 2 amide bonds. The summed E-state index contributed by atoms with van der Waals surface area (Å²) in [6.45, 7) is 5.31. The van der Waals surface area contributed by atoms with E-state index in [-0.39, 0.29) is 17.3 Å². The standard InChI is InChI=1S/C28H32ClN3O4S/c1-5-26(28(34)30-4)31(18-22-9-7-6-8-10-22)27(33)19-32(24-14-11-20(2)21(3)17-24)37(35,36)25-15-12-23(29)13-16-25/h6-17,26H,5,18-19H2,1-4H3,(H,30,34). The molecule has 0 saturated heterocycles. The molecule has 9 heteroatoms. The molecule has 7 nitrogen and oxygen atoms in total. The van der Waals surface area contributed by atoms with E-state index in [1.807, 2.05) is 57.2 Å². The normalized spacial score (nSPS) is 12.0. The zero-order chi connectivity index (χ0) is 27.2. The van der Waals surface area contributed by atoms with Crippen molar-refractivity contribution in [3.8, 4) is 0 Å². The van der Waals surface area contributed by atoms with E-state index in [4.69, 9.17) is 11.6 Å². The van der Waals surface area contributed by atoms with Crippen molar-refractivity contribution in [2.24, 2.45) is 0 Å². The Morgan fingerprint density at radius 2 is 1.59 bits per heavy atom. The number of likely N-dealkylation sites (N-methyl/N-ethyl adjacent to an activating group) is 1. The predicted octanol–water partition coefficient (Wildman–Crippen LogP) is 4.71. The van der Waals surface area contributed by atoms with E-state index in [0.717, 1.165) is 21.0 Å². The molecule has 0 aliphatic carbocycles. The minimum atomic E-state index is -4.13. The zero-order valence-electron chi connectivity index (χ0n) is 21.4. The molecule has 1 unspecified atom stereocenters. The number of rotatable bonds is 10. The fourth-order valence-electron chi connectivity index (χ4n) is 4.01. The van der Waals surface area contributed by atoms with Crippen molar-refractivity contribution >= 4 is 39.1 Å². The molecule has 37 heavy (non-hydrogen) atoms. The third-order valence-corrected chi connectivity index (χ3v) is 8.33. The zero-order valence-corrected chi connectivity index (χ0v) is 23.0. The minimum absolute atomic E-state index is 0.0101. The first-order valence-corrected chi connectivity index (χ1v) is 13.8. The average molecular weight is 542 g/mol. The SMILES string of the molecule is CCC(C(=O)NC)N(Cc1ccccc1)C(=O)CN(c1ccc(C)c(C)c1)S(=O)(=O)c1ccc(Cl)cc1. The molecule has 0 heterocycles. The lowest BCUT2D eigenvalue weighted by Gasteiger charge is -2.33. The summed E-state index contributed by atoms with van der Waals surface area (Å²) in [5.41, 5.74) is 3.07. The third kappa shape index (κ3) is 6.70. The van der Waals surface area contributed by atoms with Gasteiger partial charge in [0.2, 0.25) is 11.8 Å². The van der Waals surface area contributed by atoms with Gasteiger partial charge in [-0.25, -0.2) is 8.42 Å². The Hall–Kier alpha value is -3.36. The van der Waals surface area contributed by atoms with Gasteiger partial charge >= 0.3 is 0 Å². The van der Waals surface area contributed by atoms with Gasteiger partial charge in [0.05, 0.1) is 10.6 Å². The van der Waals surface area contributed by atoms with Crippen LogP contribution in [-0.2, 0) is 26.2 Å². The summed E-state index contributed by atoms with van der Waals surface area (Å²) in [4.78, 5) is 28.0. The average Bonchev–Trinajstić information content (AvgIpc) is 2.89. The molecule has 0 bridgehead atoms. The molecule has 3 aromatic rings. The molecule has 3 rings (SSSR count). The highest BCUT2D eigenvalue weighted by molar-refractivity contribution is 7.92. The van der Waals surface area contributed by atoms with Gasteiger partial charge in [-0.3, -0.25) is 13.9 Å². The highest BCUT2D eigenvalue weighted by Gasteiger charge is 2.33. The molecule has 0 fully saturated rings. The third-order valence-electron chi connectivity index (χ3n) is 6.29. The van der Waals surface area contributed by atoms with E-state index in [1.165, 1.54) is 36.2 Å². The van der Waals surface area contributed by atoms with Crippen molar-refractivity contribution < 1.29 is 18.0 Å². The Balaban J connectivity index is 2.07. The monoisotopic (exact) mass is 541 g/mol. The summed E-state index contributed by atoms with van der Waals surface area (Å²) in [6.07, 6.45) is 0.367. The van der Waals surface area contributed by atoms with Crippen LogP contribution in [0.4, 0.5) is 5.69 Å². The van der Waals surface area contributed by atoms with E-state index in [0.29, 0.717) is 17.1 Å². The minimum Gasteiger partial charge on any atom is -0.357 e. The second kappa shape index (κ2) is 12.3. The predicted molar refractivity (Wildman–Crippen MR) is 147 cm³/mol. The first kappa shape index (κ1) is 28.2. The van der Waals surface area contributed by atoms with Crippen molar-refractivity contribution in [2.75, 3.05) is 17.9 Å². The summed E-state index contributed by atoms with van der Waals surface area (Å²) >= 11 is 5.99. The number of nitrogens with one attached hydrogen (secondary N) is 1. The summed E-state index contributed by atoms with van der Waals surface area (Å²) in [6, 6.07) is 19.6.